The minimum atomic E-state index is -0.221. The van der Waals surface area contributed by atoms with Gasteiger partial charge in [0.15, 0.2) is 5.82 Å². The van der Waals surface area contributed by atoms with E-state index in [-0.39, 0.29) is 17.9 Å². The summed E-state index contributed by atoms with van der Waals surface area (Å²) in [6.07, 6.45) is 4.69. The van der Waals surface area contributed by atoms with Crippen LogP contribution >= 0.6 is 11.6 Å². The van der Waals surface area contributed by atoms with E-state index in [4.69, 9.17) is 11.6 Å². The van der Waals surface area contributed by atoms with Gasteiger partial charge in [-0.15, -0.1) is 10.2 Å². The van der Waals surface area contributed by atoms with Crippen molar-refractivity contribution < 1.29 is 9.59 Å². The molecule has 0 unspecified atom stereocenters. The molecule has 9 heteroatoms. The van der Waals surface area contributed by atoms with Crippen LogP contribution < -0.4 is 5.32 Å². The minimum Gasteiger partial charge on any atom is -0.345 e. The molecular formula is C24H33ClN6O2. The number of aromatic nitrogens is 3. The summed E-state index contributed by atoms with van der Waals surface area (Å²) in [5, 5.41) is 12.6. The number of fused-ring (bicyclic) bond motifs is 1. The number of carbonyl (C=O) groups excluding carboxylic acids is 2. The third kappa shape index (κ3) is 6.88. The average molecular weight is 473 g/mol. The van der Waals surface area contributed by atoms with Gasteiger partial charge >= 0.3 is 0 Å². The molecule has 2 heterocycles. The van der Waals surface area contributed by atoms with Crippen LogP contribution in [0.25, 0.3) is 6.08 Å². The highest BCUT2D eigenvalue weighted by Gasteiger charge is 2.26. The number of nitrogens with one attached hydrogen (secondary N) is 1. The summed E-state index contributed by atoms with van der Waals surface area (Å²) < 4.78 is 2.06. The minimum absolute atomic E-state index is 0.0434. The molecule has 0 radical (unpaired) electrons. The maximum absolute atomic E-state index is 12.8. The van der Waals surface area contributed by atoms with E-state index in [1.807, 2.05) is 42.1 Å². The largest absolute Gasteiger partial charge is 0.345 e. The lowest BCUT2D eigenvalue weighted by Crippen LogP contribution is -2.37. The molecule has 3 rings (SSSR count). The Kier molecular flexibility index (Phi) is 8.63. The lowest BCUT2D eigenvalue weighted by Gasteiger charge is -2.22. The van der Waals surface area contributed by atoms with Gasteiger partial charge in [0.25, 0.3) is 0 Å². The van der Waals surface area contributed by atoms with Crippen LogP contribution in [0.3, 0.4) is 0 Å². The summed E-state index contributed by atoms with van der Waals surface area (Å²) in [5.74, 6) is 1.87. The Balaban J connectivity index is 1.71. The number of halogens is 1. The number of hydrogen-bond donors (Lipinski definition) is 1. The molecule has 0 fully saturated rings. The number of carbonyl (C=O) groups is 2. The average Bonchev–Trinajstić information content (AvgIpc) is 3.02. The van der Waals surface area contributed by atoms with Crippen LogP contribution in [0.15, 0.2) is 30.3 Å². The zero-order valence-corrected chi connectivity index (χ0v) is 20.5. The van der Waals surface area contributed by atoms with Gasteiger partial charge in [-0.05, 0) is 44.1 Å². The van der Waals surface area contributed by atoms with Crippen molar-refractivity contribution in [2.45, 2.75) is 39.3 Å². The van der Waals surface area contributed by atoms with Crippen molar-refractivity contribution in [3.05, 3.63) is 52.6 Å². The highest BCUT2D eigenvalue weighted by atomic mass is 35.5. The van der Waals surface area contributed by atoms with Gasteiger partial charge in [-0.1, -0.05) is 43.6 Å². The molecule has 1 atom stereocenters. The molecule has 0 spiro atoms. The number of amides is 2. The first-order chi connectivity index (χ1) is 15.7. The second kappa shape index (κ2) is 11.4. The molecule has 0 saturated heterocycles. The standard InChI is InChI=1S/C24H33ClN6O2/c1-17(2)15-20(26-22(32)16-29(3)4)24-28-27-21-11-12-30(13-14-31(21)24)23(33)10-9-18-7-5-6-8-19(18)25/h5-10,17,20H,11-16H2,1-4H3,(H,26,32)/b10-9+/t20-/m1/s1. The summed E-state index contributed by atoms with van der Waals surface area (Å²) in [6, 6.07) is 7.21. The van der Waals surface area contributed by atoms with E-state index in [0.29, 0.717) is 43.5 Å². The van der Waals surface area contributed by atoms with Crippen molar-refractivity contribution in [3.63, 3.8) is 0 Å². The van der Waals surface area contributed by atoms with Gasteiger partial charge in [-0.2, -0.15) is 0 Å². The molecule has 1 aromatic heterocycles. The summed E-state index contributed by atoms with van der Waals surface area (Å²) in [7, 11) is 3.73. The normalized spacial score (nSPS) is 15.1. The number of benzene rings is 1. The summed E-state index contributed by atoms with van der Waals surface area (Å²) in [5.41, 5.74) is 0.812. The number of rotatable bonds is 8. The summed E-state index contributed by atoms with van der Waals surface area (Å²) in [6.45, 7) is 6.25. The van der Waals surface area contributed by atoms with Crippen molar-refractivity contribution in [2.24, 2.45) is 5.92 Å². The Morgan fingerprint density at radius 2 is 1.94 bits per heavy atom. The molecule has 1 aromatic carbocycles. The van der Waals surface area contributed by atoms with E-state index in [1.165, 1.54) is 0 Å². The molecule has 1 aliphatic rings. The predicted octanol–water partition coefficient (Wildman–Crippen LogP) is 2.79. The topological polar surface area (TPSA) is 83.4 Å². The van der Waals surface area contributed by atoms with Gasteiger partial charge in [0.1, 0.15) is 5.82 Å². The first-order valence-corrected chi connectivity index (χ1v) is 11.7. The van der Waals surface area contributed by atoms with Crippen LogP contribution in [0.1, 0.15) is 43.5 Å². The Labute approximate surface area is 200 Å². The highest BCUT2D eigenvalue weighted by Crippen LogP contribution is 2.22. The predicted molar refractivity (Wildman–Crippen MR) is 130 cm³/mol. The Morgan fingerprint density at radius 3 is 2.64 bits per heavy atom. The SMILES string of the molecule is CC(C)C[C@@H](NC(=O)CN(C)C)c1nnc2n1CCN(C(=O)/C=C/c1ccccc1Cl)CC2. The fourth-order valence-corrected chi connectivity index (χ4v) is 4.13. The third-order valence-corrected chi connectivity index (χ3v) is 5.84. The molecular weight excluding hydrogens is 440 g/mol. The van der Waals surface area contributed by atoms with E-state index >= 15 is 0 Å². The summed E-state index contributed by atoms with van der Waals surface area (Å²) in [4.78, 5) is 28.9. The molecule has 1 N–H and O–H groups in total. The third-order valence-electron chi connectivity index (χ3n) is 5.49. The Hall–Kier alpha value is -2.71. The van der Waals surface area contributed by atoms with Crippen LogP contribution in [0.5, 0.6) is 0 Å². The fourth-order valence-electron chi connectivity index (χ4n) is 3.93. The monoisotopic (exact) mass is 472 g/mol. The van der Waals surface area contributed by atoms with E-state index in [1.54, 1.807) is 18.2 Å². The van der Waals surface area contributed by atoms with Crippen molar-refractivity contribution in [1.82, 2.24) is 29.9 Å². The Morgan fingerprint density at radius 1 is 1.18 bits per heavy atom. The van der Waals surface area contributed by atoms with Crippen LogP contribution in [0, 0.1) is 5.92 Å². The van der Waals surface area contributed by atoms with E-state index < -0.39 is 0 Å². The first-order valence-electron chi connectivity index (χ1n) is 11.3. The fraction of sp³-hybridized carbons (Fsp3) is 0.500. The number of nitrogens with zero attached hydrogens (tertiary/aromatic N) is 5. The van der Waals surface area contributed by atoms with Gasteiger partial charge in [0, 0.05) is 37.2 Å². The van der Waals surface area contributed by atoms with Gasteiger partial charge in [0.05, 0.1) is 12.6 Å². The van der Waals surface area contributed by atoms with Gasteiger partial charge in [-0.25, -0.2) is 0 Å². The molecule has 8 nitrogen and oxygen atoms in total. The molecule has 178 valence electrons. The lowest BCUT2D eigenvalue weighted by atomic mass is 10.0. The maximum atomic E-state index is 12.8. The summed E-state index contributed by atoms with van der Waals surface area (Å²) >= 11 is 6.19. The van der Waals surface area contributed by atoms with E-state index in [0.717, 1.165) is 23.6 Å². The zero-order valence-electron chi connectivity index (χ0n) is 19.8. The smallest absolute Gasteiger partial charge is 0.246 e. The number of hydrogen-bond acceptors (Lipinski definition) is 5. The van der Waals surface area contributed by atoms with E-state index in [9.17, 15) is 9.59 Å². The molecule has 33 heavy (non-hydrogen) atoms. The number of likely N-dealkylation sites (N-methyl/N-ethyl adjacent to an activating group) is 1. The van der Waals surface area contributed by atoms with Crippen LogP contribution in [0.4, 0.5) is 0 Å². The van der Waals surface area contributed by atoms with Crippen molar-refractivity contribution in [3.8, 4) is 0 Å². The Bertz CT molecular complexity index is 1000. The van der Waals surface area contributed by atoms with Crippen LogP contribution in [-0.4, -0.2) is 70.1 Å². The van der Waals surface area contributed by atoms with Crippen molar-refractivity contribution in [2.75, 3.05) is 33.7 Å². The molecule has 2 amide bonds. The van der Waals surface area contributed by atoms with Crippen molar-refractivity contribution in [1.29, 1.82) is 0 Å². The molecule has 0 saturated carbocycles. The first kappa shape index (κ1) is 24.9. The van der Waals surface area contributed by atoms with Gasteiger partial charge in [0.2, 0.25) is 11.8 Å². The molecule has 2 aromatic rings. The van der Waals surface area contributed by atoms with Gasteiger partial charge < -0.3 is 19.7 Å². The van der Waals surface area contributed by atoms with Crippen molar-refractivity contribution >= 4 is 29.5 Å². The highest BCUT2D eigenvalue weighted by molar-refractivity contribution is 6.32. The quantitative estimate of drug-likeness (QED) is 0.597. The zero-order chi connectivity index (χ0) is 24.0. The maximum Gasteiger partial charge on any atom is 0.246 e. The van der Waals surface area contributed by atoms with E-state index in [2.05, 4.69) is 33.9 Å². The second-order valence-electron chi connectivity index (χ2n) is 9.04. The van der Waals surface area contributed by atoms with Gasteiger partial charge in [-0.3, -0.25) is 9.59 Å². The van der Waals surface area contributed by atoms with Crippen LogP contribution in [0.2, 0.25) is 5.02 Å². The molecule has 1 aliphatic heterocycles. The lowest BCUT2D eigenvalue weighted by molar-refractivity contribution is -0.126. The molecule has 0 bridgehead atoms. The second-order valence-corrected chi connectivity index (χ2v) is 9.45. The van der Waals surface area contributed by atoms with Crippen LogP contribution in [-0.2, 0) is 22.6 Å². The molecule has 0 aliphatic carbocycles.